The second kappa shape index (κ2) is 4.74. The van der Waals surface area contributed by atoms with Gasteiger partial charge >= 0.3 is 5.97 Å². The second-order valence-corrected chi connectivity index (χ2v) is 3.56. The second-order valence-electron chi connectivity index (χ2n) is 3.56. The van der Waals surface area contributed by atoms with Gasteiger partial charge in [0, 0.05) is 11.6 Å². The number of aliphatic carboxylic acids is 1. The minimum Gasteiger partial charge on any atom is -0.481 e. The zero-order valence-electron chi connectivity index (χ0n) is 9.14. The van der Waals surface area contributed by atoms with Gasteiger partial charge in [0.25, 0.3) is 5.69 Å². The van der Waals surface area contributed by atoms with E-state index < -0.39 is 16.8 Å². The number of hydrogen-bond acceptors (Lipinski definition) is 3. The van der Waals surface area contributed by atoms with Gasteiger partial charge in [0.1, 0.15) is 0 Å². The lowest BCUT2D eigenvalue weighted by molar-refractivity contribution is -0.385. The maximum Gasteiger partial charge on any atom is 0.310 e. The van der Waals surface area contributed by atoms with E-state index in [4.69, 9.17) is 5.11 Å². The van der Waals surface area contributed by atoms with Gasteiger partial charge in [-0.15, -0.1) is 0 Å². The first-order valence-electron chi connectivity index (χ1n) is 4.97. The maximum atomic E-state index is 10.8. The van der Waals surface area contributed by atoms with Crippen LogP contribution in [0.1, 0.15) is 30.9 Å². The lowest BCUT2D eigenvalue weighted by Crippen LogP contribution is -2.08. The summed E-state index contributed by atoms with van der Waals surface area (Å²) in [7, 11) is 0. The Kier molecular flexibility index (Phi) is 3.60. The third-order valence-electron chi connectivity index (χ3n) is 2.55. The van der Waals surface area contributed by atoms with E-state index in [2.05, 4.69) is 0 Å². The minimum absolute atomic E-state index is 0.0452. The predicted molar refractivity (Wildman–Crippen MR) is 58.5 cm³/mol. The van der Waals surface area contributed by atoms with Crippen molar-refractivity contribution in [3.05, 3.63) is 39.4 Å². The standard InChI is InChI=1S/C11H13NO4/c1-3-8-6-9(7(2)11(13)14)4-5-10(8)12(15)16/h4-7H,3H2,1-2H3,(H,13,14). The normalized spacial score (nSPS) is 12.1. The molecule has 0 aromatic heterocycles. The summed E-state index contributed by atoms with van der Waals surface area (Å²) in [6.45, 7) is 3.36. The van der Waals surface area contributed by atoms with Crippen molar-refractivity contribution < 1.29 is 14.8 Å². The molecule has 5 heteroatoms. The molecule has 0 saturated carbocycles. The van der Waals surface area contributed by atoms with Gasteiger partial charge in [-0.05, 0) is 25.0 Å². The van der Waals surface area contributed by atoms with Gasteiger partial charge in [0.2, 0.25) is 0 Å². The highest BCUT2D eigenvalue weighted by Crippen LogP contribution is 2.24. The van der Waals surface area contributed by atoms with E-state index in [1.165, 1.54) is 12.1 Å². The summed E-state index contributed by atoms with van der Waals surface area (Å²) >= 11 is 0. The lowest BCUT2D eigenvalue weighted by Gasteiger charge is -2.08. The number of benzene rings is 1. The molecule has 0 bridgehead atoms. The Morgan fingerprint density at radius 2 is 2.19 bits per heavy atom. The number of carboxylic acid groups (broad SMARTS) is 1. The third-order valence-corrected chi connectivity index (χ3v) is 2.55. The number of nitro groups is 1. The summed E-state index contributed by atoms with van der Waals surface area (Å²) in [6, 6.07) is 4.46. The molecule has 16 heavy (non-hydrogen) atoms. The number of rotatable bonds is 4. The topological polar surface area (TPSA) is 80.4 Å². The van der Waals surface area contributed by atoms with Crippen LogP contribution < -0.4 is 0 Å². The molecular formula is C11H13NO4. The van der Waals surface area contributed by atoms with Gasteiger partial charge in [-0.1, -0.05) is 13.0 Å². The highest BCUT2D eigenvalue weighted by Gasteiger charge is 2.18. The fourth-order valence-corrected chi connectivity index (χ4v) is 1.48. The van der Waals surface area contributed by atoms with Crippen molar-refractivity contribution in [2.75, 3.05) is 0 Å². The SMILES string of the molecule is CCc1cc(C(C)C(=O)O)ccc1[N+](=O)[O-]. The number of carbonyl (C=O) groups is 1. The van der Waals surface area contributed by atoms with Crippen LogP contribution in [0.2, 0.25) is 0 Å². The first-order chi connectivity index (χ1) is 7.47. The largest absolute Gasteiger partial charge is 0.481 e. The Balaban J connectivity index is 3.18. The first kappa shape index (κ1) is 12.2. The predicted octanol–water partition coefficient (Wildman–Crippen LogP) is 2.35. The maximum absolute atomic E-state index is 10.8. The zero-order chi connectivity index (χ0) is 12.3. The van der Waals surface area contributed by atoms with Crippen molar-refractivity contribution in [2.45, 2.75) is 26.2 Å². The van der Waals surface area contributed by atoms with E-state index >= 15 is 0 Å². The van der Waals surface area contributed by atoms with Crippen molar-refractivity contribution in [1.29, 1.82) is 0 Å². The van der Waals surface area contributed by atoms with E-state index in [1.54, 1.807) is 19.9 Å². The third kappa shape index (κ3) is 2.36. The molecule has 1 rings (SSSR count). The van der Waals surface area contributed by atoms with Gasteiger partial charge in [-0.3, -0.25) is 14.9 Å². The van der Waals surface area contributed by atoms with Gasteiger partial charge in [-0.25, -0.2) is 0 Å². The number of nitrogens with zero attached hydrogens (tertiary/aromatic N) is 1. The molecule has 0 fully saturated rings. The number of hydrogen-bond donors (Lipinski definition) is 1. The quantitative estimate of drug-likeness (QED) is 0.627. The molecule has 0 heterocycles. The molecule has 0 aliphatic carbocycles. The van der Waals surface area contributed by atoms with Crippen molar-refractivity contribution >= 4 is 11.7 Å². The Morgan fingerprint density at radius 3 is 2.62 bits per heavy atom. The summed E-state index contributed by atoms with van der Waals surface area (Å²) in [5, 5.41) is 19.5. The molecule has 1 unspecified atom stereocenters. The number of carboxylic acids is 1. The van der Waals surface area contributed by atoms with Crippen LogP contribution in [0.3, 0.4) is 0 Å². The van der Waals surface area contributed by atoms with Crippen molar-refractivity contribution in [1.82, 2.24) is 0 Å². The average molecular weight is 223 g/mol. The van der Waals surface area contributed by atoms with Crippen LogP contribution in [-0.4, -0.2) is 16.0 Å². The zero-order valence-corrected chi connectivity index (χ0v) is 9.14. The van der Waals surface area contributed by atoms with Crippen molar-refractivity contribution in [2.24, 2.45) is 0 Å². The summed E-state index contributed by atoms with van der Waals surface area (Å²) in [6.07, 6.45) is 0.510. The molecule has 1 aromatic rings. The molecule has 0 aliphatic heterocycles. The van der Waals surface area contributed by atoms with E-state index in [9.17, 15) is 14.9 Å². The molecule has 0 amide bonds. The smallest absolute Gasteiger partial charge is 0.310 e. The van der Waals surface area contributed by atoms with E-state index in [0.29, 0.717) is 17.5 Å². The minimum atomic E-state index is -0.934. The van der Waals surface area contributed by atoms with Crippen LogP contribution in [0.5, 0.6) is 0 Å². The molecule has 0 saturated heterocycles. The highest BCUT2D eigenvalue weighted by atomic mass is 16.6. The Labute approximate surface area is 92.9 Å². The van der Waals surface area contributed by atoms with E-state index in [1.807, 2.05) is 0 Å². The van der Waals surface area contributed by atoms with Crippen LogP contribution >= 0.6 is 0 Å². The molecule has 1 N–H and O–H groups in total. The van der Waals surface area contributed by atoms with Gasteiger partial charge < -0.3 is 5.11 Å². The van der Waals surface area contributed by atoms with Crippen LogP contribution in [0, 0.1) is 10.1 Å². The van der Waals surface area contributed by atoms with Gasteiger partial charge in [-0.2, -0.15) is 0 Å². The molecule has 5 nitrogen and oxygen atoms in total. The lowest BCUT2D eigenvalue weighted by atomic mass is 9.97. The Bertz CT molecular complexity index is 428. The molecule has 0 spiro atoms. The van der Waals surface area contributed by atoms with Gasteiger partial charge in [0.15, 0.2) is 0 Å². The summed E-state index contributed by atoms with van der Waals surface area (Å²) in [5.41, 5.74) is 1.20. The van der Waals surface area contributed by atoms with Crippen LogP contribution in [0.4, 0.5) is 5.69 Å². The molecule has 0 radical (unpaired) electrons. The Morgan fingerprint density at radius 1 is 1.56 bits per heavy atom. The molecular weight excluding hydrogens is 210 g/mol. The monoisotopic (exact) mass is 223 g/mol. The Hall–Kier alpha value is -1.91. The first-order valence-corrected chi connectivity index (χ1v) is 4.97. The molecule has 1 atom stereocenters. The van der Waals surface area contributed by atoms with Crippen molar-refractivity contribution in [3.8, 4) is 0 Å². The summed E-state index contributed by atoms with van der Waals surface area (Å²) in [4.78, 5) is 21.0. The van der Waals surface area contributed by atoms with Crippen LogP contribution in [0.25, 0.3) is 0 Å². The summed E-state index contributed by atoms with van der Waals surface area (Å²) in [5.74, 6) is -1.58. The fraction of sp³-hybridized carbons (Fsp3) is 0.364. The number of nitro benzene ring substituents is 1. The molecule has 1 aromatic carbocycles. The molecule has 0 aliphatic rings. The molecule has 86 valence electrons. The van der Waals surface area contributed by atoms with E-state index in [0.717, 1.165) is 0 Å². The average Bonchev–Trinajstić information content (AvgIpc) is 2.26. The van der Waals surface area contributed by atoms with Crippen LogP contribution in [0.15, 0.2) is 18.2 Å². The summed E-state index contributed by atoms with van der Waals surface area (Å²) < 4.78 is 0. The highest BCUT2D eigenvalue weighted by molar-refractivity contribution is 5.75. The van der Waals surface area contributed by atoms with E-state index in [-0.39, 0.29) is 5.69 Å². The van der Waals surface area contributed by atoms with Gasteiger partial charge in [0.05, 0.1) is 10.8 Å². The number of aryl methyl sites for hydroxylation is 1. The fourth-order valence-electron chi connectivity index (χ4n) is 1.48. The van der Waals surface area contributed by atoms with Crippen LogP contribution in [-0.2, 0) is 11.2 Å². The van der Waals surface area contributed by atoms with Crippen molar-refractivity contribution in [3.63, 3.8) is 0 Å².